The molecule has 1 saturated carbocycles. The van der Waals surface area contributed by atoms with Gasteiger partial charge in [0, 0.05) is 18.4 Å². The molecule has 1 aromatic rings. The molecule has 0 radical (unpaired) electrons. The number of hydrogen-bond donors (Lipinski definition) is 0. The molecule has 96 valence electrons. The highest BCUT2D eigenvalue weighted by atomic mass is 79.9. The van der Waals surface area contributed by atoms with Crippen molar-refractivity contribution >= 4 is 21.6 Å². The van der Waals surface area contributed by atoms with E-state index in [1.54, 1.807) is 0 Å². The highest BCUT2D eigenvalue weighted by Crippen LogP contribution is 2.30. The molecule has 1 aromatic carbocycles. The van der Waals surface area contributed by atoms with E-state index in [0.717, 1.165) is 41.2 Å². The summed E-state index contributed by atoms with van der Waals surface area (Å²) in [5, 5.41) is 10.1. The number of anilines is 1. The van der Waals surface area contributed by atoms with Crippen molar-refractivity contribution in [1.29, 1.82) is 5.26 Å². The summed E-state index contributed by atoms with van der Waals surface area (Å²) >= 11 is 3.44. The zero-order chi connectivity index (χ0) is 13.0. The maximum Gasteiger partial charge on any atom is 0.101 e. The predicted octanol–water partition coefficient (Wildman–Crippen LogP) is 4.08. The van der Waals surface area contributed by atoms with Gasteiger partial charge in [-0.25, -0.2) is 0 Å². The topological polar surface area (TPSA) is 27.0 Å². The largest absolute Gasteiger partial charge is 0.370 e. The number of rotatable bonds is 5. The molecule has 0 heterocycles. The van der Waals surface area contributed by atoms with Crippen molar-refractivity contribution in [3.63, 3.8) is 0 Å². The van der Waals surface area contributed by atoms with Gasteiger partial charge in [0.25, 0.3) is 0 Å². The van der Waals surface area contributed by atoms with Gasteiger partial charge >= 0.3 is 0 Å². The third kappa shape index (κ3) is 2.87. The number of alkyl halides is 1. The van der Waals surface area contributed by atoms with Crippen LogP contribution < -0.4 is 4.90 Å². The van der Waals surface area contributed by atoms with E-state index in [0.29, 0.717) is 0 Å². The molecule has 0 saturated heterocycles. The summed E-state index contributed by atoms with van der Waals surface area (Å²) in [6.45, 7) is 4.23. The lowest BCUT2D eigenvalue weighted by atomic mass is 9.85. The lowest BCUT2D eigenvalue weighted by molar-refractivity contribution is 0.318. The smallest absolute Gasteiger partial charge is 0.101 e. The molecule has 0 spiro atoms. The first kappa shape index (κ1) is 13.4. The van der Waals surface area contributed by atoms with Gasteiger partial charge in [0.15, 0.2) is 0 Å². The highest BCUT2D eigenvalue weighted by molar-refractivity contribution is 9.08. The van der Waals surface area contributed by atoms with Crippen LogP contribution in [0.3, 0.4) is 0 Å². The minimum Gasteiger partial charge on any atom is -0.370 e. The summed E-state index contributed by atoms with van der Waals surface area (Å²) < 4.78 is 0. The fourth-order valence-electron chi connectivity index (χ4n) is 2.42. The highest BCUT2D eigenvalue weighted by Gasteiger charge is 2.21. The first-order valence-corrected chi connectivity index (χ1v) is 7.74. The Morgan fingerprint density at radius 3 is 2.72 bits per heavy atom. The van der Waals surface area contributed by atoms with E-state index in [1.807, 2.05) is 6.07 Å². The average molecular weight is 307 g/mol. The van der Waals surface area contributed by atoms with Crippen LogP contribution in [0.15, 0.2) is 18.2 Å². The summed E-state index contributed by atoms with van der Waals surface area (Å²) in [7, 11) is 0. The summed E-state index contributed by atoms with van der Waals surface area (Å²) in [5.74, 6) is 0.826. The van der Waals surface area contributed by atoms with E-state index in [4.69, 9.17) is 0 Å². The van der Waals surface area contributed by atoms with Crippen LogP contribution in [-0.2, 0) is 5.33 Å². The van der Waals surface area contributed by atoms with Crippen LogP contribution in [0.1, 0.15) is 37.3 Å². The number of benzene rings is 1. The van der Waals surface area contributed by atoms with E-state index in [2.05, 4.69) is 46.0 Å². The lowest BCUT2D eigenvalue weighted by Gasteiger charge is -2.33. The monoisotopic (exact) mass is 306 g/mol. The summed E-state index contributed by atoms with van der Waals surface area (Å²) in [5.41, 5.74) is 3.06. The third-order valence-electron chi connectivity index (χ3n) is 3.76. The van der Waals surface area contributed by atoms with E-state index < -0.39 is 0 Å². The Morgan fingerprint density at radius 1 is 1.44 bits per heavy atom. The molecular formula is C15H19BrN2. The van der Waals surface area contributed by atoms with Crippen LogP contribution in [0.25, 0.3) is 0 Å². The first-order valence-electron chi connectivity index (χ1n) is 6.62. The molecule has 0 aliphatic heterocycles. The SMILES string of the molecule is CCN(CC1CCC1)c1ccc(CBr)cc1C#N. The maximum atomic E-state index is 9.30. The molecule has 2 nitrogen and oxygen atoms in total. The molecule has 18 heavy (non-hydrogen) atoms. The van der Waals surface area contributed by atoms with Crippen LogP contribution >= 0.6 is 15.9 Å². The van der Waals surface area contributed by atoms with E-state index in [1.165, 1.54) is 19.3 Å². The van der Waals surface area contributed by atoms with Crippen molar-refractivity contribution in [2.45, 2.75) is 31.5 Å². The zero-order valence-corrected chi connectivity index (χ0v) is 12.4. The van der Waals surface area contributed by atoms with Crippen LogP contribution in [-0.4, -0.2) is 13.1 Å². The van der Waals surface area contributed by atoms with Gasteiger partial charge in [0.1, 0.15) is 6.07 Å². The van der Waals surface area contributed by atoms with Crippen LogP contribution in [0.2, 0.25) is 0 Å². The maximum absolute atomic E-state index is 9.30. The zero-order valence-electron chi connectivity index (χ0n) is 10.8. The van der Waals surface area contributed by atoms with Crippen molar-refractivity contribution in [3.8, 4) is 6.07 Å². The fourth-order valence-corrected chi connectivity index (χ4v) is 2.77. The van der Waals surface area contributed by atoms with Gasteiger partial charge in [-0.05, 0) is 43.4 Å². The van der Waals surface area contributed by atoms with Gasteiger partial charge in [0.05, 0.1) is 11.3 Å². The number of hydrogen-bond acceptors (Lipinski definition) is 2. The molecule has 0 bridgehead atoms. The number of nitriles is 1. The van der Waals surface area contributed by atoms with Gasteiger partial charge in [0.2, 0.25) is 0 Å². The minimum absolute atomic E-state index is 0.799. The molecule has 1 fully saturated rings. The summed E-state index contributed by atoms with van der Waals surface area (Å²) in [6, 6.07) is 8.53. The average Bonchev–Trinajstić information content (AvgIpc) is 2.37. The van der Waals surface area contributed by atoms with Crippen LogP contribution in [0.5, 0.6) is 0 Å². The Bertz CT molecular complexity index is 446. The summed E-state index contributed by atoms with van der Waals surface area (Å²) in [6.07, 6.45) is 4.06. The summed E-state index contributed by atoms with van der Waals surface area (Å²) in [4.78, 5) is 2.35. The molecular weight excluding hydrogens is 288 g/mol. The van der Waals surface area contributed by atoms with Crippen molar-refractivity contribution in [2.75, 3.05) is 18.0 Å². The Kier molecular flexibility index (Phi) is 4.66. The fraction of sp³-hybridized carbons (Fsp3) is 0.533. The van der Waals surface area contributed by atoms with E-state index in [9.17, 15) is 5.26 Å². The van der Waals surface area contributed by atoms with Gasteiger partial charge in [-0.1, -0.05) is 28.4 Å². The second kappa shape index (κ2) is 6.24. The molecule has 0 N–H and O–H groups in total. The normalized spacial score (nSPS) is 14.9. The van der Waals surface area contributed by atoms with Crippen molar-refractivity contribution in [1.82, 2.24) is 0 Å². The second-order valence-corrected chi connectivity index (χ2v) is 5.49. The number of halogens is 1. The van der Waals surface area contributed by atoms with Crippen molar-refractivity contribution in [2.24, 2.45) is 5.92 Å². The predicted molar refractivity (Wildman–Crippen MR) is 79.0 cm³/mol. The quantitative estimate of drug-likeness (QED) is 0.766. The molecule has 3 heteroatoms. The number of nitrogens with zero attached hydrogens (tertiary/aromatic N) is 2. The minimum atomic E-state index is 0.799. The Labute approximate surface area is 118 Å². The van der Waals surface area contributed by atoms with E-state index >= 15 is 0 Å². The van der Waals surface area contributed by atoms with Gasteiger partial charge in [-0.2, -0.15) is 5.26 Å². The van der Waals surface area contributed by atoms with Gasteiger partial charge in [-0.3, -0.25) is 0 Å². The van der Waals surface area contributed by atoms with Crippen molar-refractivity contribution < 1.29 is 0 Å². The molecule has 0 aromatic heterocycles. The standard InChI is InChI=1S/C15H19BrN2/c1-2-18(11-12-4-3-5-12)15-7-6-13(9-16)8-14(15)10-17/h6-8,12H,2-5,9,11H2,1H3. The lowest BCUT2D eigenvalue weighted by Crippen LogP contribution is -2.32. The van der Waals surface area contributed by atoms with Gasteiger partial charge in [-0.15, -0.1) is 0 Å². The molecule has 1 aliphatic rings. The second-order valence-electron chi connectivity index (χ2n) is 4.93. The molecule has 0 amide bonds. The third-order valence-corrected chi connectivity index (χ3v) is 4.41. The van der Waals surface area contributed by atoms with Crippen LogP contribution in [0.4, 0.5) is 5.69 Å². The molecule has 0 unspecified atom stereocenters. The van der Waals surface area contributed by atoms with E-state index in [-0.39, 0.29) is 0 Å². The Balaban J connectivity index is 2.20. The van der Waals surface area contributed by atoms with Gasteiger partial charge < -0.3 is 4.90 Å². The Hall–Kier alpha value is -1.01. The van der Waals surface area contributed by atoms with Crippen LogP contribution in [0, 0.1) is 17.2 Å². The van der Waals surface area contributed by atoms with Crippen molar-refractivity contribution in [3.05, 3.63) is 29.3 Å². The molecule has 2 rings (SSSR count). The molecule has 1 aliphatic carbocycles. The Morgan fingerprint density at radius 2 is 2.22 bits per heavy atom. The molecule has 0 atom stereocenters. The first-order chi connectivity index (χ1) is 8.78.